The maximum absolute atomic E-state index is 14.1. The number of hydrogen-bond donors (Lipinski definition) is 2. The smallest absolute Gasteiger partial charge is 0.397 e. The fourth-order valence-corrected chi connectivity index (χ4v) is 4.49. The van der Waals surface area contributed by atoms with Crippen molar-refractivity contribution in [2.24, 2.45) is 0 Å². The number of ether oxygens (including phenoxy) is 1. The standard InChI is InChI=1S/C21H24B2Cl2FN5O5/c1-11(18-13(24)5-6-14(26)19(18)25)36-16-8-15(28-29-20(16)31(22-10-32)23(2)35)21(34)27-12-4-7-17(33)30(3)9-12/h5-6,8,10-12,22,35H,4,7,9H2,1-3H3,(H,27,34). The maximum Gasteiger partial charge on any atom is 0.397 e. The zero-order valence-electron chi connectivity index (χ0n) is 19.9. The van der Waals surface area contributed by atoms with Gasteiger partial charge in [0.15, 0.2) is 17.3 Å². The number of halogens is 3. The molecule has 190 valence electrons. The zero-order chi connectivity index (χ0) is 26.6. The van der Waals surface area contributed by atoms with Crippen LogP contribution in [0, 0.1) is 5.82 Å². The van der Waals surface area contributed by atoms with Gasteiger partial charge in [0.25, 0.3) is 5.91 Å². The lowest BCUT2D eigenvalue weighted by molar-refractivity contribution is -0.132. The summed E-state index contributed by atoms with van der Waals surface area (Å²) in [6.07, 6.45) is 0.433. The van der Waals surface area contributed by atoms with Crippen LogP contribution in [0.25, 0.3) is 0 Å². The first-order valence-corrected chi connectivity index (χ1v) is 11.9. The summed E-state index contributed by atoms with van der Waals surface area (Å²) in [6, 6.07) is 3.48. The molecule has 2 unspecified atom stereocenters. The monoisotopic (exact) mass is 537 g/mol. The van der Waals surface area contributed by atoms with Crippen LogP contribution in [0.5, 0.6) is 5.75 Å². The van der Waals surface area contributed by atoms with Gasteiger partial charge in [-0.2, -0.15) is 0 Å². The zero-order valence-corrected chi connectivity index (χ0v) is 21.4. The highest BCUT2D eigenvalue weighted by molar-refractivity contribution is 6.82. The van der Waals surface area contributed by atoms with E-state index in [0.29, 0.717) is 25.6 Å². The molecule has 2 aromatic rings. The van der Waals surface area contributed by atoms with Gasteiger partial charge in [0, 0.05) is 42.7 Å². The number of likely N-dealkylation sites (tertiary alicyclic amines) is 1. The SMILES string of the molecule is CB(O)N(BC=O)c1nnc(C(=O)NC2CCC(=O)N(C)C2)cc1OC(C)c1c(Cl)ccc(F)c1Cl. The molecule has 2 atom stereocenters. The van der Waals surface area contributed by atoms with E-state index in [9.17, 15) is 23.8 Å². The van der Waals surface area contributed by atoms with Crippen molar-refractivity contribution in [1.82, 2.24) is 20.4 Å². The number of hydrogen-bond acceptors (Lipinski definition) is 8. The van der Waals surface area contributed by atoms with Gasteiger partial charge in [-0.3, -0.25) is 9.59 Å². The number of likely N-dealkylation sites (N-methyl/N-ethyl adjacent to an activating group) is 1. The molecule has 1 aliphatic rings. The van der Waals surface area contributed by atoms with Crippen LogP contribution >= 0.6 is 23.2 Å². The predicted octanol–water partition coefficient (Wildman–Crippen LogP) is 1.87. The van der Waals surface area contributed by atoms with Crippen molar-refractivity contribution in [2.45, 2.75) is 38.7 Å². The molecule has 1 aliphatic heterocycles. The Kier molecular flexibility index (Phi) is 9.15. The van der Waals surface area contributed by atoms with E-state index >= 15 is 0 Å². The first-order chi connectivity index (χ1) is 17.0. The summed E-state index contributed by atoms with van der Waals surface area (Å²) < 4.78 is 21.3. The van der Waals surface area contributed by atoms with Crippen molar-refractivity contribution >= 4 is 61.5 Å². The van der Waals surface area contributed by atoms with Gasteiger partial charge in [0.1, 0.15) is 18.1 Å². The quantitative estimate of drug-likeness (QED) is 0.282. The summed E-state index contributed by atoms with van der Waals surface area (Å²) in [6.45, 7) is 3.33. The van der Waals surface area contributed by atoms with Crippen LogP contribution < -0.4 is 14.8 Å². The number of rotatable bonds is 9. The average Bonchev–Trinajstić information content (AvgIpc) is 2.82. The van der Waals surface area contributed by atoms with E-state index in [1.165, 1.54) is 28.6 Å². The lowest BCUT2D eigenvalue weighted by Crippen LogP contribution is -2.48. The minimum absolute atomic E-state index is 0.00243. The van der Waals surface area contributed by atoms with Crippen molar-refractivity contribution in [3.8, 4) is 5.75 Å². The summed E-state index contributed by atoms with van der Waals surface area (Å²) >= 11 is 12.3. The lowest BCUT2D eigenvalue weighted by atomic mass is 9.73. The number of piperidine rings is 1. The second-order valence-electron chi connectivity index (χ2n) is 8.37. The second kappa shape index (κ2) is 11.9. The maximum atomic E-state index is 14.1. The number of aromatic nitrogens is 2. The molecule has 0 saturated carbocycles. The van der Waals surface area contributed by atoms with Gasteiger partial charge in [-0.15, -0.1) is 10.2 Å². The molecule has 1 aromatic heterocycles. The lowest BCUT2D eigenvalue weighted by Gasteiger charge is -2.30. The molecular weight excluding hydrogens is 514 g/mol. The largest absolute Gasteiger partial charge is 0.482 e. The average molecular weight is 538 g/mol. The normalized spacial score (nSPS) is 16.2. The summed E-state index contributed by atoms with van der Waals surface area (Å²) in [5.74, 6) is -1.29. The number of amides is 2. The van der Waals surface area contributed by atoms with Gasteiger partial charge in [0.2, 0.25) is 5.91 Å². The van der Waals surface area contributed by atoms with E-state index in [-0.39, 0.29) is 52.2 Å². The molecular formula is C21H24B2Cl2FN5O5. The van der Waals surface area contributed by atoms with E-state index in [2.05, 4.69) is 15.5 Å². The fraction of sp³-hybridized carbons (Fsp3) is 0.381. The van der Waals surface area contributed by atoms with Crippen LogP contribution in [0.3, 0.4) is 0 Å². The minimum atomic E-state index is -1.15. The van der Waals surface area contributed by atoms with Crippen LogP contribution in [0.15, 0.2) is 18.2 Å². The van der Waals surface area contributed by atoms with Crippen molar-refractivity contribution in [3.63, 3.8) is 0 Å². The predicted molar refractivity (Wildman–Crippen MR) is 136 cm³/mol. The number of benzene rings is 1. The highest BCUT2D eigenvalue weighted by Gasteiger charge is 2.29. The van der Waals surface area contributed by atoms with Gasteiger partial charge in [-0.1, -0.05) is 23.2 Å². The molecule has 2 N–H and O–H groups in total. The van der Waals surface area contributed by atoms with E-state index < -0.39 is 24.9 Å². The van der Waals surface area contributed by atoms with Crippen LogP contribution in [0.2, 0.25) is 16.9 Å². The first kappa shape index (κ1) is 27.7. The highest BCUT2D eigenvalue weighted by atomic mass is 35.5. The molecule has 2 amide bonds. The third kappa shape index (κ3) is 6.26. The second-order valence-corrected chi connectivity index (χ2v) is 9.15. The third-order valence-corrected chi connectivity index (χ3v) is 6.43. The molecule has 0 spiro atoms. The van der Waals surface area contributed by atoms with E-state index in [1.54, 1.807) is 14.0 Å². The molecule has 0 radical (unpaired) electrons. The molecule has 36 heavy (non-hydrogen) atoms. The van der Waals surface area contributed by atoms with Crippen molar-refractivity contribution in [2.75, 3.05) is 18.3 Å². The number of carbonyl (C=O) groups excluding carboxylic acids is 3. The summed E-state index contributed by atoms with van der Waals surface area (Å²) in [5.41, 5.74) is 0.0644. The Hall–Kier alpha value is -2.89. The fourth-order valence-electron chi connectivity index (χ4n) is 3.82. The van der Waals surface area contributed by atoms with Crippen LogP contribution in [-0.2, 0) is 9.59 Å². The van der Waals surface area contributed by atoms with Crippen molar-refractivity contribution in [3.05, 3.63) is 45.3 Å². The Morgan fingerprint density at radius 3 is 2.81 bits per heavy atom. The Balaban J connectivity index is 1.95. The molecule has 1 aromatic carbocycles. The number of nitrogens with zero attached hydrogens (tertiary/aromatic N) is 4. The summed E-state index contributed by atoms with van der Waals surface area (Å²) in [7, 11) is 0.258. The number of nitrogens with one attached hydrogen (secondary N) is 1. The Bertz CT molecular complexity index is 1160. The molecule has 3 rings (SSSR count). The van der Waals surface area contributed by atoms with Crippen molar-refractivity contribution in [1.29, 1.82) is 0 Å². The molecule has 0 aliphatic carbocycles. The van der Waals surface area contributed by atoms with Gasteiger partial charge < -0.3 is 29.5 Å². The third-order valence-electron chi connectivity index (χ3n) is 5.72. The van der Waals surface area contributed by atoms with E-state index in [0.717, 1.165) is 6.07 Å². The molecule has 1 saturated heterocycles. The molecule has 0 bridgehead atoms. The van der Waals surface area contributed by atoms with Gasteiger partial charge in [0.05, 0.1) is 5.02 Å². The Morgan fingerprint density at radius 1 is 1.44 bits per heavy atom. The highest BCUT2D eigenvalue weighted by Crippen LogP contribution is 2.37. The molecule has 15 heteroatoms. The van der Waals surface area contributed by atoms with Gasteiger partial charge >= 0.3 is 14.5 Å². The molecule has 2 heterocycles. The Morgan fingerprint density at radius 2 is 2.17 bits per heavy atom. The van der Waals surface area contributed by atoms with Crippen LogP contribution in [0.4, 0.5) is 10.2 Å². The number of anilines is 1. The van der Waals surface area contributed by atoms with E-state index in [4.69, 9.17) is 27.9 Å². The summed E-state index contributed by atoms with van der Waals surface area (Å²) in [5, 5.41) is 20.9. The topological polar surface area (TPSA) is 125 Å². The van der Waals surface area contributed by atoms with Crippen molar-refractivity contribution < 1.29 is 28.5 Å². The first-order valence-electron chi connectivity index (χ1n) is 11.1. The molecule has 1 fully saturated rings. The minimum Gasteiger partial charge on any atom is -0.482 e. The van der Waals surface area contributed by atoms with Gasteiger partial charge in [-0.25, -0.2) is 4.39 Å². The van der Waals surface area contributed by atoms with Crippen LogP contribution in [-0.4, -0.2) is 72.2 Å². The Labute approximate surface area is 218 Å². The summed E-state index contributed by atoms with van der Waals surface area (Å²) in [4.78, 5) is 37.4. The van der Waals surface area contributed by atoms with Gasteiger partial charge in [-0.05, 0) is 32.3 Å². The molecule has 10 nitrogen and oxygen atoms in total. The van der Waals surface area contributed by atoms with Crippen LogP contribution in [0.1, 0.15) is 41.9 Å². The van der Waals surface area contributed by atoms with E-state index in [1.807, 2.05) is 0 Å². The number of carbonyl (C=O) groups is 3.